The van der Waals surface area contributed by atoms with Gasteiger partial charge in [0.15, 0.2) is 0 Å². The Morgan fingerprint density at radius 1 is 1.12 bits per heavy atom. The molecular formula is C14H18O2. The fraction of sp³-hybridized carbons (Fsp3) is 0.429. The Balaban J connectivity index is 2.08. The minimum atomic E-state index is -0.635. The van der Waals surface area contributed by atoms with Gasteiger partial charge in [0.25, 0.3) is 0 Å². The first kappa shape index (κ1) is 11.2. The Hall–Kier alpha value is -1.28. The van der Waals surface area contributed by atoms with E-state index in [0.717, 1.165) is 31.2 Å². The van der Waals surface area contributed by atoms with Gasteiger partial charge in [-0.3, -0.25) is 0 Å². The van der Waals surface area contributed by atoms with E-state index in [1.165, 1.54) is 6.42 Å². The quantitative estimate of drug-likeness (QED) is 0.800. The van der Waals surface area contributed by atoms with Gasteiger partial charge in [0.05, 0.1) is 5.60 Å². The summed E-state index contributed by atoms with van der Waals surface area (Å²) in [5.74, 6) is 0.262. The van der Waals surface area contributed by atoms with E-state index < -0.39 is 5.60 Å². The van der Waals surface area contributed by atoms with Crippen molar-refractivity contribution in [1.82, 2.24) is 0 Å². The van der Waals surface area contributed by atoms with Gasteiger partial charge < -0.3 is 10.2 Å². The molecule has 16 heavy (non-hydrogen) atoms. The molecule has 0 aromatic heterocycles. The summed E-state index contributed by atoms with van der Waals surface area (Å²) in [4.78, 5) is 0. The maximum absolute atomic E-state index is 10.3. The van der Waals surface area contributed by atoms with Crippen LogP contribution in [0.1, 0.15) is 37.7 Å². The third kappa shape index (κ3) is 2.86. The number of rotatable bonds is 2. The predicted octanol–water partition coefficient (Wildman–Crippen LogP) is 3.10. The van der Waals surface area contributed by atoms with Crippen molar-refractivity contribution >= 4 is 6.08 Å². The average molecular weight is 218 g/mol. The number of benzene rings is 1. The van der Waals surface area contributed by atoms with Crippen molar-refractivity contribution in [3.8, 4) is 5.75 Å². The van der Waals surface area contributed by atoms with Gasteiger partial charge in [-0.2, -0.15) is 0 Å². The van der Waals surface area contributed by atoms with Crippen molar-refractivity contribution in [2.24, 2.45) is 0 Å². The van der Waals surface area contributed by atoms with E-state index in [1.54, 1.807) is 18.2 Å². The minimum Gasteiger partial charge on any atom is -0.508 e. The van der Waals surface area contributed by atoms with Gasteiger partial charge in [0.1, 0.15) is 5.75 Å². The van der Waals surface area contributed by atoms with Crippen LogP contribution in [-0.2, 0) is 0 Å². The Bertz CT molecular complexity index is 376. The summed E-state index contributed by atoms with van der Waals surface area (Å²) >= 11 is 0. The van der Waals surface area contributed by atoms with Gasteiger partial charge in [-0.1, -0.05) is 43.5 Å². The molecule has 0 unspecified atom stereocenters. The zero-order valence-corrected chi connectivity index (χ0v) is 9.39. The molecule has 1 aliphatic carbocycles. The number of aliphatic hydroxyl groups is 1. The van der Waals surface area contributed by atoms with Crippen LogP contribution in [0.3, 0.4) is 0 Å². The number of hydrogen-bond acceptors (Lipinski definition) is 2. The van der Waals surface area contributed by atoms with E-state index in [1.807, 2.05) is 18.2 Å². The summed E-state index contributed by atoms with van der Waals surface area (Å²) in [5.41, 5.74) is 0.294. The average Bonchev–Trinajstić information content (AvgIpc) is 2.28. The first-order valence-electron chi connectivity index (χ1n) is 5.89. The van der Waals surface area contributed by atoms with Crippen molar-refractivity contribution < 1.29 is 10.2 Å². The van der Waals surface area contributed by atoms with Crippen molar-refractivity contribution in [3.05, 3.63) is 35.9 Å². The smallest absolute Gasteiger partial charge is 0.116 e. The van der Waals surface area contributed by atoms with Crippen LogP contribution in [0.5, 0.6) is 5.75 Å². The highest BCUT2D eigenvalue weighted by molar-refractivity contribution is 5.52. The zero-order valence-electron chi connectivity index (χ0n) is 9.39. The van der Waals surface area contributed by atoms with Crippen molar-refractivity contribution in [3.63, 3.8) is 0 Å². The van der Waals surface area contributed by atoms with E-state index in [2.05, 4.69) is 0 Å². The molecular weight excluding hydrogens is 200 g/mol. The molecule has 1 fully saturated rings. The molecule has 0 radical (unpaired) electrons. The molecule has 0 heterocycles. The lowest BCUT2D eigenvalue weighted by atomic mass is 9.84. The topological polar surface area (TPSA) is 40.5 Å². The molecule has 2 nitrogen and oxygen atoms in total. The van der Waals surface area contributed by atoms with Crippen molar-refractivity contribution in [1.29, 1.82) is 0 Å². The monoisotopic (exact) mass is 218 g/mol. The Labute approximate surface area is 96.2 Å². The number of phenolic OH excluding ortho intramolecular Hbond substituents is 1. The molecule has 1 saturated carbocycles. The lowest BCUT2D eigenvalue weighted by Gasteiger charge is -2.28. The van der Waals surface area contributed by atoms with Crippen LogP contribution >= 0.6 is 0 Å². The Morgan fingerprint density at radius 3 is 2.56 bits per heavy atom. The maximum Gasteiger partial charge on any atom is 0.116 e. The molecule has 1 aliphatic rings. The fourth-order valence-electron chi connectivity index (χ4n) is 2.21. The van der Waals surface area contributed by atoms with Gasteiger partial charge in [-0.25, -0.2) is 0 Å². The molecule has 2 heteroatoms. The molecule has 0 aliphatic heterocycles. The molecule has 0 saturated heterocycles. The van der Waals surface area contributed by atoms with Gasteiger partial charge in [-0.15, -0.1) is 0 Å². The van der Waals surface area contributed by atoms with E-state index in [4.69, 9.17) is 0 Å². The maximum atomic E-state index is 10.3. The van der Waals surface area contributed by atoms with Crippen LogP contribution in [0.25, 0.3) is 6.08 Å². The molecule has 0 bridgehead atoms. The zero-order chi connectivity index (χ0) is 11.4. The van der Waals surface area contributed by atoms with Crippen LogP contribution < -0.4 is 0 Å². The van der Waals surface area contributed by atoms with Gasteiger partial charge in [-0.05, 0) is 30.5 Å². The molecule has 1 aromatic carbocycles. The van der Waals surface area contributed by atoms with Crippen molar-refractivity contribution in [2.75, 3.05) is 0 Å². The minimum absolute atomic E-state index is 0.262. The lowest BCUT2D eigenvalue weighted by molar-refractivity contribution is 0.0521. The molecule has 0 atom stereocenters. The molecule has 86 valence electrons. The van der Waals surface area contributed by atoms with Gasteiger partial charge >= 0.3 is 0 Å². The second-order valence-electron chi connectivity index (χ2n) is 4.59. The summed E-state index contributed by atoms with van der Waals surface area (Å²) < 4.78 is 0. The van der Waals surface area contributed by atoms with Crippen LogP contribution in [-0.4, -0.2) is 15.8 Å². The van der Waals surface area contributed by atoms with Crippen molar-refractivity contribution in [2.45, 2.75) is 37.7 Å². The number of phenols is 1. The third-order valence-electron chi connectivity index (χ3n) is 3.18. The molecule has 2 rings (SSSR count). The van der Waals surface area contributed by atoms with Crippen LogP contribution in [0.4, 0.5) is 0 Å². The van der Waals surface area contributed by atoms with Crippen LogP contribution in [0.2, 0.25) is 0 Å². The van der Waals surface area contributed by atoms with Crippen LogP contribution in [0, 0.1) is 0 Å². The summed E-state index contributed by atoms with van der Waals surface area (Å²) in [6.07, 6.45) is 8.89. The predicted molar refractivity (Wildman–Crippen MR) is 65.2 cm³/mol. The largest absolute Gasteiger partial charge is 0.508 e. The summed E-state index contributed by atoms with van der Waals surface area (Å²) in [6.45, 7) is 0. The van der Waals surface area contributed by atoms with E-state index in [-0.39, 0.29) is 5.75 Å². The standard InChI is InChI=1S/C14H18O2/c15-13-6-4-5-12(11-13)7-10-14(16)8-2-1-3-9-14/h4-7,10-11,15-16H,1-3,8-9H2/b10-7-. The SMILES string of the molecule is Oc1cccc(/C=C\C2(O)CCCCC2)c1. The molecule has 1 aromatic rings. The highest BCUT2D eigenvalue weighted by Gasteiger charge is 2.25. The summed E-state index contributed by atoms with van der Waals surface area (Å²) in [7, 11) is 0. The Kier molecular flexibility index (Phi) is 3.30. The number of aromatic hydroxyl groups is 1. The van der Waals surface area contributed by atoms with Crippen LogP contribution in [0.15, 0.2) is 30.3 Å². The number of hydrogen-bond donors (Lipinski definition) is 2. The first-order valence-corrected chi connectivity index (χ1v) is 5.89. The second kappa shape index (κ2) is 4.71. The summed E-state index contributed by atoms with van der Waals surface area (Å²) in [5, 5.41) is 19.6. The lowest BCUT2D eigenvalue weighted by Crippen LogP contribution is -2.28. The van der Waals surface area contributed by atoms with Gasteiger partial charge in [0, 0.05) is 0 Å². The van der Waals surface area contributed by atoms with E-state index >= 15 is 0 Å². The molecule has 0 amide bonds. The molecule has 0 spiro atoms. The van der Waals surface area contributed by atoms with E-state index in [9.17, 15) is 10.2 Å². The summed E-state index contributed by atoms with van der Waals surface area (Å²) in [6, 6.07) is 7.07. The molecule has 2 N–H and O–H groups in total. The van der Waals surface area contributed by atoms with E-state index in [0.29, 0.717) is 0 Å². The third-order valence-corrected chi connectivity index (χ3v) is 3.18. The second-order valence-corrected chi connectivity index (χ2v) is 4.59. The highest BCUT2D eigenvalue weighted by Crippen LogP contribution is 2.29. The highest BCUT2D eigenvalue weighted by atomic mass is 16.3. The fourth-order valence-corrected chi connectivity index (χ4v) is 2.21. The Morgan fingerprint density at radius 2 is 1.88 bits per heavy atom. The first-order chi connectivity index (χ1) is 7.68. The van der Waals surface area contributed by atoms with Gasteiger partial charge in [0.2, 0.25) is 0 Å². The normalized spacial score (nSPS) is 20.1.